The molecule has 0 spiro atoms. The molecule has 0 saturated heterocycles. The van der Waals surface area contributed by atoms with Crippen LogP contribution in [0.1, 0.15) is 45.2 Å². The van der Waals surface area contributed by atoms with E-state index in [1.54, 1.807) is 24.3 Å². The maximum atomic E-state index is 12.3. The number of rotatable bonds is 8. The standard InChI is InChI=1S/C22H27N3O5/c1-5-8-30-18-7-6-16(12-19(18)29-4)22(28)25-24-20(26)13-23-21(27)17-10-14(2)9-15(3)11-17/h6-7,9-12H,5,8,13H2,1-4H3,(H,23,27)(H,24,26)(H,25,28). The molecule has 0 saturated carbocycles. The fourth-order valence-electron chi connectivity index (χ4n) is 2.75. The van der Waals surface area contributed by atoms with Crippen molar-refractivity contribution in [3.63, 3.8) is 0 Å². The highest BCUT2D eigenvalue weighted by Crippen LogP contribution is 2.28. The maximum Gasteiger partial charge on any atom is 0.269 e. The third-order valence-electron chi connectivity index (χ3n) is 4.10. The van der Waals surface area contributed by atoms with Crippen LogP contribution in [-0.2, 0) is 4.79 Å². The second-order valence-corrected chi connectivity index (χ2v) is 6.78. The summed E-state index contributed by atoms with van der Waals surface area (Å²) in [6.07, 6.45) is 0.845. The van der Waals surface area contributed by atoms with Gasteiger partial charge in [-0.1, -0.05) is 24.1 Å². The van der Waals surface area contributed by atoms with Crippen molar-refractivity contribution in [1.82, 2.24) is 16.2 Å². The molecule has 0 aliphatic heterocycles. The van der Waals surface area contributed by atoms with Gasteiger partial charge >= 0.3 is 0 Å². The van der Waals surface area contributed by atoms with Gasteiger partial charge in [0.1, 0.15) is 0 Å². The molecule has 30 heavy (non-hydrogen) atoms. The van der Waals surface area contributed by atoms with Gasteiger partial charge in [0.05, 0.1) is 20.3 Å². The Kier molecular flexibility index (Phi) is 8.22. The Morgan fingerprint density at radius 2 is 1.57 bits per heavy atom. The van der Waals surface area contributed by atoms with E-state index in [1.165, 1.54) is 13.2 Å². The number of amides is 3. The maximum absolute atomic E-state index is 12.3. The molecular formula is C22H27N3O5. The molecule has 0 fully saturated rings. The molecule has 0 heterocycles. The highest BCUT2D eigenvalue weighted by Gasteiger charge is 2.13. The van der Waals surface area contributed by atoms with Crippen molar-refractivity contribution in [3.05, 3.63) is 58.7 Å². The number of ether oxygens (including phenoxy) is 2. The summed E-state index contributed by atoms with van der Waals surface area (Å²) >= 11 is 0. The Hall–Kier alpha value is -3.55. The molecule has 2 rings (SSSR count). The smallest absolute Gasteiger partial charge is 0.269 e. The van der Waals surface area contributed by atoms with E-state index >= 15 is 0 Å². The monoisotopic (exact) mass is 413 g/mol. The molecular weight excluding hydrogens is 386 g/mol. The molecule has 0 aromatic heterocycles. The summed E-state index contributed by atoms with van der Waals surface area (Å²) < 4.78 is 10.8. The topological polar surface area (TPSA) is 106 Å². The zero-order valence-corrected chi connectivity index (χ0v) is 17.6. The molecule has 8 nitrogen and oxygen atoms in total. The Balaban J connectivity index is 1.86. The van der Waals surface area contributed by atoms with Gasteiger partial charge in [0.25, 0.3) is 17.7 Å². The molecule has 0 aliphatic carbocycles. The molecule has 2 aromatic carbocycles. The van der Waals surface area contributed by atoms with Crippen LogP contribution >= 0.6 is 0 Å². The van der Waals surface area contributed by atoms with Gasteiger partial charge < -0.3 is 14.8 Å². The number of carbonyl (C=O) groups is 3. The van der Waals surface area contributed by atoms with Gasteiger partial charge in [-0.25, -0.2) is 0 Å². The molecule has 0 unspecified atom stereocenters. The third-order valence-corrected chi connectivity index (χ3v) is 4.10. The fraction of sp³-hybridized carbons (Fsp3) is 0.318. The van der Waals surface area contributed by atoms with Crippen LogP contribution in [0.25, 0.3) is 0 Å². The second-order valence-electron chi connectivity index (χ2n) is 6.78. The average Bonchev–Trinajstić information content (AvgIpc) is 2.73. The molecule has 3 amide bonds. The quantitative estimate of drug-likeness (QED) is 0.576. The summed E-state index contributed by atoms with van der Waals surface area (Å²) in [5.41, 5.74) is 7.25. The summed E-state index contributed by atoms with van der Waals surface area (Å²) in [5.74, 6) is -0.492. The lowest BCUT2D eigenvalue weighted by Crippen LogP contribution is -2.46. The molecule has 8 heteroatoms. The number of aryl methyl sites for hydroxylation is 2. The van der Waals surface area contributed by atoms with E-state index in [9.17, 15) is 14.4 Å². The molecule has 0 aliphatic rings. The lowest BCUT2D eigenvalue weighted by molar-refractivity contribution is -0.120. The van der Waals surface area contributed by atoms with Crippen molar-refractivity contribution >= 4 is 17.7 Å². The highest BCUT2D eigenvalue weighted by molar-refractivity contribution is 5.98. The van der Waals surface area contributed by atoms with Crippen LogP contribution in [0.3, 0.4) is 0 Å². The van der Waals surface area contributed by atoms with Gasteiger partial charge in [0, 0.05) is 11.1 Å². The van der Waals surface area contributed by atoms with Crippen molar-refractivity contribution in [2.45, 2.75) is 27.2 Å². The van der Waals surface area contributed by atoms with Crippen LogP contribution < -0.4 is 25.6 Å². The van der Waals surface area contributed by atoms with Crippen LogP contribution in [0.5, 0.6) is 11.5 Å². The van der Waals surface area contributed by atoms with E-state index < -0.39 is 11.8 Å². The first kappa shape index (κ1) is 22.7. The van der Waals surface area contributed by atoms with Crippen molar-refractivity contribution in [3.8, 4) is 11.5 Å². The first-order valence-electron chi connectivity index (χ1n) is 9.60. The van der Waals surface area contributed by atoms with Gasteiger partial charge in [-0.05, 0) is 50.6 Å². The zero-order chi connectivity index (χ0) is 22.1. The van der Waals surface area contributed by atoms with Crippen molar-refractivity contribution in [2.24, 2.45) is 0 Å². The Morgan fingerprint density at radius 3 is 2.20 bits per heavy atom. The molecule has 3 N–H and O–H groups in total. The zero-order valence-electron chi connectivity index (χ0n) is 17.6. The Morgan fingerprint density at radius 1 is 0.867 bits per heavy atom. The van der Waals surface area contributed by atoms with E-state index in [2.05, 4.69) is 16.2 Å². The van der Waals surface area contributed by atoms with Crippen molar-refractivity contribution in [1.29, 1.82) is 0 Å². The van der Waals surface area contributed by atoms with E-state index in [-0.39, 0.29) is 18.0 Å². The lowest BCUT2D eigenvalue weighted by atomic mass is 10.1. The average molecular weight is 413 g/mol. The van der Waals surface area contributed by atoms with Crippen LogP contribution in [0.4, 0.5) is 0 Å². The van der Waals surface area contributed by atoms with E-state index in [1.807, 2.05) is 26.8 Å². The van der Waals surface area contributed by atoms with Crippen molar-refractivity contribution in [2.75, 3.05) is 20.3 Å². The summed E-state index contributed by atoms with van der Waals surface area (Å²) in [6, 6.07) is 10.2. The van der Waals surface area contributed by atoms with Crippen molar-refractivity contribution < 1.29 is 23.9 Å². The van der Waals surface area contributed by atoms with Gasteiger partial charge in [-0.3, -0.25) is 25.2 Å². The summed E-state index contributed by atoms with van der Waals surface area (Å²) in [7, 11) is 1.48. The molecule has 0 radical (unpaired) electrons. The molecule has 160 valence electrons. The SMILES string of the molecule is CCCOc1ccc(C(=O)NNC(=O)CNC(=O)c2cc(C)cc(C)c2)cc1OC. The molecule has 0 atom stereocenters. The Bertz CT molecular complexity index is 907. The minimum Gasteiger partial charge on any atom is -0.493 e. The number of hydrazine groups is 1. The number of hydrogen-bond acceptors (Lipinski definition) is 5. The summed E-state index contributed by atoms with van der Waals surface area (Å²) in [5, 5.41) is 2.52. The van der Waals surface area contributed by atoms with Gasteiger partial charge in [0.2, 0.25) is 0 Å². The van der Waals surface area contributed by atoms with Crippen LogP contribution in [0, 0.1) is 13.8 Å². The molecule has 2 aromatic rings. The number of carbonyl (C=O) groups excluding carboxylic acids is 3. The van der Waals surface area contributed by atoms with Gasteiger partial charge in [-0.15, -0.1) is 0 Å². The van der Waals surface area contributed by atoms with Gasteiger partial charge in [0.15, 0.2) is 11.5 Å². The molecule has 0 bridgehead atoms. The minimum absolute atomic E-state index is 0.279. The van der Waals surface area contributed by atoms with Crippen LogP contribution in [0.2, 0.25) is 0 Å². The number of benzene rings is 2. The Labute approximate surface area is 175 Å². The number of methoxy groups -OCH3 is 1. The van der Waals surface area contributed by atoms with Crippen LogP contribution in [-0.4, -0.2) is 38.0 Å². The highest BCUT2D eigenvalue weighted by atomic mass is 16.5. The second kappa shape index (κ2) is 10.8. The van der Waals surface area contributed by atoms with E-state index in [0.717, 1.165) is 17.5 Å². The normalized spacial score (nSPS) is 10.1. The lowest BCUT2D eigenvalue weighted by Gasteiger charge is -2.12. The minimum atomic E-state index is -0.559. The summed E-state index contributed by atoms with van der Waals surface area (Å²) in [4.78, 5) is 36.4. The first-order chi connectivity index (χ1) is 14.3. The fourth-order valence-corrected chi connectivity index (χ4v) is 2.75. The van der Waals surface area contributed by atoms with E-state index in [0.29, 0.717) is 23.7 Å². The largest absolute Gasteiger partial charge is 0.493 e. The number of hydrogen-bond donors (Lipinski definition) is 3. The number of nitrogens with one attached hydrogen (secondary N) is 3. The summed E-state index contributed by atoms with van der Waals surface area (Å²) in [6.45, 7) is 6.03. The third kappa shape index (κ3) is 6.51. The predicted octanol–water partition coefficient (Wildman–Crippen LogP) is 2.29. The van der Waals surface area contributed by atoms with Crippen LogP contribution in [0.15, 0.2) is 36.4 Å². The first-order valence-corrected chi connectivity index (χ1v) is 9.60. The van der Waals surface area contributed by atoms with Gasteiger partial charge in [-0.2, -0.15) is 0 Å². The van der Waals surface area contributed by atoms with E-state index in [4.69, 9.17) is 9.47 Å². The predicted molar refractivity (Wildman–Crippen MR) is 113 cm³/mol.